The summed E-state index contributed by atoms with van der Waals surface area (Å²) in [6, 6.07) is 1.79. The van der Waals surface area contributed by atoms with Gasteiger partial charge in [0.1, 0.15) is 0 Å². The van der Waals surface area contributed by atoms with Crippen LogP contribution in [0.25, 0.3) is 10.9 Å². The van der Waals surface area contributed by atoms with Crippen LogP contribution in [0, 0.1) is 6.20 Å². The third-order valence-corrected chi connectivity index (χ3v) is 1.19. The van der Waals surface area contributed by atoms with Crippen molar-refractivity contribution in [2.45, 2.75) is 0 Å². The average Bonchev–Trinajstić information content (AvgIpc) is 2.33. The van der Waals surface area contributed by atoms with Gasteiger partial charge in [0.25, 0.3) is 0 Å². The predicted molar refractivity (Wildman–Crippen MR) is 32.7 cm³/mol. The Morgan fingerprint density at radius 3 is 3.10 bits per heavy atom. The number of pyridine rings is 1. The van der Waals surface area contributed by atoms with Crippen molar-refractivity contribution in [2.24, 2.45) is 0 Å². The smallest absolute Gasteiger partial charge is 0.392 e. The minimum absolute atomic E-state index is 0. The van der Waals surface area contributed by atoms with E-state index >= 15 is 0 Å². The summed E-state index contributed by atoms with van der Waals surface area (Å²) in [4.78, 5) is 3.79. The minimum Gasteiger partial charge on any atom is -0.392 e. The van der Waals surface area contributed by atoms with Gasteiger partial charge in [0.15, 0.2) is 0 Å². The van der Waals surface area contributed by atoms with Crippen molar-refractivity contribution in [3.63, 3.8) is 0 Å². The normalized spacial score (nSPS) is 9.20. The quantitative estimate of drug-likeness (QED) is 0.347. The van der Waals surface area contributed by atoms with Crippen LogP contribution in [0.1, 0.15) is 0 Å². The average molecular weight is 157 g/mol. The van der Waals surface area contributed by atoms with Crippen molar-refractivity contribution in [2.75, 3.05) is 0 Å². The van der Waals surface area contributed by atoms with Crippen LogP contribution in [0.5, 0.6) is 0 Å². The summed E-state index contributed by atoms with van der Waals surface area (Å²) in [6.07, 6.45) is 6.15. The van der Waals surface area contributed by atoms with Crippen LogP contribution >= 0.6 is 0 Å². The van der Waals surface area contributed by atoms with Gasteiger partial charge in [-0.05, 0) is 5.52 Å². The van der Waals surface area contributed by atoms with Crippen molar-refractivity contribution in [1.29, 1.82) is 0 Å². The summed E-state index contributed by atoms with van der Waals surface area (Å²) in [5.41, 5.74) is 0.953. The zero-order valence-electron chi connectivity index (χ0n) is 5.63. The summed E-state index contributed by atoms with van der Waals surface area (Å²) in [6.45, 7) is 0. The predicted octanol–water partition coefficient (Wildman–Crippen LogP) is -2.24. The van der Waals surface area contributed by atoms with Gasteiger partial charge in [-0.3, -0.25) is 0 Å². The monoisotopic (exact) mass is 157 g/mol. The Morgan fingerprint density at radius 2 is 2.30 bits per heavy atom. The van der Waals surface area contributed by atoms with Crippen LogP contribution in [-0.2, 0) is 0 Å². The molecule has 2 aromatic rings. The first kappa shape index (κ1) is 8.35. The zero-order valence-corrected chi connectivity index (χ0v) is 8.75. The zero-order chi connectivity index (χ0) is 6.10. The summed E-state index contributed by atoms with van der Waals surface area (Å²) in [5, 5.41) is 7.65. The Hall–Kier alpha value is 0.256. The molecule has 2 rings (SSSR count). The molecule has 0 saturated heterocycles. The SMILES string of the molecule is [K+].[c-]1cc2cn[nH]c2cn1. The van der Waals surface area contributed by atoms with E-state index in [1.807, 2.05) is 0 Å². The van der Waals surface area contributed by atoms with Crippen molar-refractivity contribution in [1.82, 2.24) is 15.2 Å². The van der Waals surface area contributed by atoms with Gasteiger partial charge in [-0.1, -0.05) is 17.8 Å². The number of rotatable bonds is 0. The molecule has 0 unspecified atom stereocenters. The van der Waals surface area contributed by atoms with E-state index in [0.29, 0.717) is 0 Å². The number of aromatic amines is 1. The van der Waals surface area contributed by atoms with Gasteiger partial charge in [-0.2, -0.15) is 5.10 Å². The van der Waals surface area contributed by atoms with Crippen molar-refractivity contribution in [3.05, 3.63) is 24.7 Å². The van der Waals surface area contributed by atoms with Crippen LogP contribution in [0.15, 0.2) is 18.5 Å². The van der Waals surface area contributed by atoms with Gasteiger partial charge < -0.3 is 10.1 Å². The summed E-state index contributed by atoms with van der Waals surface area (Å²) in [7, 11) is 0. The number of hydrogen-bond acceptors (Lipinski definition) is 2. The van der Waals surface area contributed by atoms with Gasteiger partial charge in [-0.15, -0.1) is 6.07 Å². The van der Waals surface area contributed by atoms with E-state index in [1.54, 1.807) is 18.5 Å². The largest absolute Gasteiger partial charge is 1.00 e. The molecular weight excluding hydrogens is 153 g/mol. The molecule has 0 spiro atoms. The molecule has 4 heteroatoms. The van der Waals surface area contributed by atoms with Gasteiger partial charge in [0.2, 0.25) is 0 Å². The molecule has 1 N–H and O–H groups in total. The Balaban J connectivity index is 0.000000500. The van der Waals surface area contributed by atoms with Crippen LogP contribution in [0.4, 0.5) is 0 Å². The molecule has 2 aromatic heterocycles. The van der Waals surface area contributed by atoms with Crippen LogP contribution in [0.3, 0.4) is 0 Å². The first-order chi connectivity index (χ1) is 4.47. The molecule has 10 heavy (non-hydrogen) atoms. The van der Waals surface area contributed by atoms with Gasteiger partial charge in [-0.25, -0.2) is 0 Å². The maximum absolute atomic E-state index is 3.82. The van der Waals surface area contributed by atoms with Crippen molar-refractivity contribution in [3.8, 4) is 0 Å². The molecule has 0 aliphatic carbocycles. The summed E-state index contributed by atoms with van der Waals surface area (Å²) >= 11 is 0. The standard InChI is InChI=1S/C6H4N3.K/c1-2-7-4-6-5(1)3-8-9-6;/h1,3-4H,(H,8,9);/q-1;+1. The fourth-order valence-electron chi connectivity index (χ4n) is 0.733. The number of nitrogens with one attached hydrogen (secondary N) is 1. The third kappa shape index (κ3) is 1.46. The number of hydrogen-bond donors (Lipinski definition) is 1. The molecule has 44 valence electrons. The Morgan fingerprint density at radius 1 is 1.40 bits per heavy atom. The topological polar surface area (TPSA) is 41.6 Å². The molecule has 0 saturated carbocycles. The molecule has 0 amide bonds. The molecule has 0 radical (unpaired) electrons. The fraction of sp³-hybridized carbons (Fsp3) is 0. The van der Waals surface area contributed by atoms with Crippen molar-refractivity contribution < 1.29 is 51.4 Å². The number of fused-ring (bicyclic) bond motifs is 1. The molecule has 0 aliphatic rings. The second-order valence-electron chi connectivity index (χ2n) is 1.77. The summed E-state index contributed by atoms with van der Waals surface area (Å²) in [5.74, 6) is 0. The number of nitrogens with zero attached hydrogens (tertiary/aromatic N) is 2. The van der Waals surface area contributed by atoms with Crippen molar-refractivity contribution >= 4 is 10.9 Å². The van der Waals surface area contributed by atoms with Crippen LogP contribution < -0.4 is 51.4 Å². The van der Waals surface area contributed by atoms with Gasteiger partial charge in [0.05, 0.1) is 0 Å². The van der Waals surface area contributed by atoms with Crippen LogP contribution in [-0.4, -0.2) is 15.2 Å². The maximum atomic E-state index is 3.82. The van der Waals surface area contributed by atoms with Crippen LogP contribution in [0.2, 0.25) is 0 Å². The van der Waals surface area contributed by atoms with E-state index in [9.17, 15) is 0 Å². The molecule has 0 aliphatic heterocycles. The number of aromatic nitrogens is 3. The first-order valence-corrected chi connectivity index (χ1v) is 2.62. The molecule has 3 nitrogen and oxygen atoms in total. The Bertz CT molecular complexity index is 287. The fourth-order valence-corrected chi connectivity index (χ4v) is 0.733. The molecule has 0 fully saturated rings. The van der Waals surface area contributed by atoms with E-state index in [2.05, 4.69) is 21.4 Å². The van der Waals surface area contributed by atoms with E-state index in [0.717, 1.165) is 10.9 Å². The number of H-pyrrole nitrogens is 1. The molecule has 0 atom stereocenters. The first-order valence-electron chi connectivity index (χ1n) is 2.62. The van der Waals surface area contributed by atoms with Gasteiger partial charge >= 0.3 is 51.4 Å². The minimum atomic E-state index is 0. The molecular formula is C6H4KN3. The second-order valence-corrected chi connectivity index (χ2v) is 1.77. The third-order valence-electron chi connectivity index (χ3n) is 1.19. The molecule has 0 bridgehead atoms. The van der Waals surface area contributed by atoms with E-state index < -0.39 is 0 Å². The van der Waals surface area contributed by atoms with E-state index in [4.69, 9.17) is 0 Å². The Labute approximate surface area is 101 Å². The second kappa shape index (κ2) is 3.59. The van der Waals surface area contributed by atoms with E-state index in [-0.39, 0.29) is 51.4 Å². The van der Waals surface area contributed by atoms with E-state index in [1.165, 1.54) is 0 Å². The maximum Gasteiger partial charge on any atom is 1.00 e. The van der Waals surface area contributed by atoms with Gasteiger partial charge in [0, 0.05) is 6.20 Å². The Kier molecular flexibility index (Phi) is 3.00. The summed E-state index contributed by atoms with van der Waals surface area (Å²) < 4.78 is 0. The molecule has 2 heterocycles. The molecule has 0 aromatic carbocycles.